The van der Waals surface area contributed by atoms with E-state index in [1.54, 1.807) is 23.0 Å². The molecule has 2 saturated heterocycles. The molecular weight excluding hydrogens is 580 g/mol. The monoisotopic (exact) mass is 606 g/mol. The molecule has 1 aliphatic carbocycles. The number of benzene rings is 2. The van der Waals surface area contributed by atoms with Gasteiger partial charge in [0.1, 0.15) is 24.6 Å². The average Bonchev–Trinajstić information content (AvgIpc) is 3.39. The van der Waals surface area contributed by atoms with Crippen LogP contribution in [0.3, 0.4) is 0 Å². The number of halogens is 1. The molecule has 7 rings (SSSR count). The lowest BCUT2D eigenvalue weighted by molar-refractivity contribution is -0.158. The van der Waals surface area contributed by atoms with Gasteiger partial charge in [0.15, 0.2) is 29.5 Å². The molecule has 1 saturated carbocycles. The Hall–Kier alpha value is -4.14. The highest BCUT2D eigenvalue weighted by Crippen LogP contribution is 2.45. The Bertz CT molecular complexity index is 1670. The standard InChI is InChI=1S/C29H27ClN6O7/c30-19-8-4-7-17(27(37)38)18(19)11-40-12-20-22-23(43-28(42-22)15-5-2-1-3-6-15)26(41-20)36-14-33-21-24(31-13-32-25(21)36)35-29(39)34-16-9-10-16/h1-8,13-14,16,20,22-23,26,28H,9-12H2,(H,37,38)(H2,31,32,34,35,39)/t20?,22?,23?,26?,28-/m0/s1. The number of aromatic carboxylic acids is 1. The van der Waals surface area contributed by atoms with Gasteiger partial charge in [0, 0.05) is 22.2 Å². The van der Waals surface area contributed by atoms with Gasteiger partial charge in [0.25, 0.3) is 0 Å². The number of carboxylic acid groups (broad SMARTS) is 1. The van der Waals surface area contributed by atoms with E-state index in [2.05, 4.69) is 25.6 Å². The number of anilines is 1. The number of nitrogens with zero attached hydrogens (tertiary/aromatic N) is 4. The second kappa shape index (κ2) is 11.5. The SMILES string of the molecule is O=C(Nc1ncnc2c1ncn2C1OC(COCc2c(Cl)cccc2C(=O)O)C2O[C@H](c3ccccc3)OC21)NC1CC1. The van der Waals surface area contributed by atoms with Crippen LogP contribution < -0.4 is 10.6 Å². The van der Waals surface area contributed by atoms with Crippen molar-refractivity contribution in [2.75, 3.05) is 11.9 Å². The number of carboxylic acids is 1. The van der Waals surface area contributed by atoms with Crippen molar-refractivity contribution >= 4 is 40.6 Å². The number of rotatable bonds is 9. The molecule has 2 aromatic heterocycles. The molecule has 0 bridgehead atoms. The maximum atomic E-state index is 12.4. The van der Waals surface area contributed by atoms with Crippen molar-refractivity contribution < 1.29 is 33.6 Å². The first kappa shape index (κ1) is 27.7. The maximum Gasteiger partial charge on any atom is 0.336 e. The number of aromatic nitrogens is 4. The Morgan fingerprint density at radius 3 is 2.63 bits per heavy atom. The maximum absolute atomic E-state index is 12.4. The van der Waals surface area contributed by atoms with Gasteiger partial charge in [-0.2, -0.15) is 0 Å². The smallest absolute Gasteiger partial charge is 0.336 e. The van der Waals surface area contributed by atoms with Crippen LogP contribution in [0.2, 0.25) is 5.02 Å². The zero-order valence-corrected chi connectivity index (χ0v) is 23.4. The molecule has 3 aliphatic rings. The second-order valence-corrected chi connectivity index (χ2v) is 10.9. The van der Waals surface area contributed by atoms with E-state index < -0.39 is 36.8 Å². The van der Waals surface area contributed by atoms with Crippen LogP contribution in [0.1, 0.15) is 46.8 Å². The summed E-state index contributed by atoms with van der Waals surface area (Å²) in [6.45, 7) is 0.0357. The van der Waals surface area contributed by atoms with Gasteiger partial charge in [-0.3, -0.25) is 9.88 Å². The lowest BCUT2D eigenvalue weighted by Crippen LogP contribution is -2.31. The number of amides is 2. The molecule has 2 amide bonds. The summed E-state index contributed by atoms with van der Waals surface area (Å²) in [6, 6.07) is 14.1. The average molecular weight is 607 g/mol. The van der Waals surface area contributed by atoms with Crippen LogP contribution in [0.5, 0.6) is 0 Å². The fourth-order valence-electron chi connectivity index (χ4n) is 5.33. The summed E-state index contributed by atoms with van der Waals surface area (Å²) in [6.07, 6.45) is 1.82. The number of imidazole rings is 1. The van der Waals surface area contributed by atoms with Crippen molar-refractivity contribution in [3.8, 4) is 0 Å². The van der Waals surface area contributed by atoms with Crippen LogP contribution in [-0.2, 0) is 25.6 Å². The molecule has 13 nitrogen and oxygen atoms in total. The van der Waals surface area contributed by atoms with Crippen molar-refractivity contribution in [2.45, 2.75) is 56.3 Å². The number of hydrogen-bond donors (Lipinski definition) is 3. The lowest BCUT2D eigenvalue weighted by Gasteiger charge is -2.21. The summed E-state index contributed by atoms with van der Waals surface area (Å²) in [5, 5.41) is 15.5. The fourth-order valence-corrected chi connectivity index (χ4v) is 5.56. The van der Waals surface area contributed by atoms with Gasteiger partial charge in [-0.15, -0.1) is 0 Å². The minimum absolute atomic E-state index is 0.0363. The van der Waals surface area contributed by atoms with Gasteiger partial charge < -0.3 is 29.4 Å². The molecular formula is C29H27ClN6O7. The van der Waals surface area contributed by atoms with Gasteiger partial charge in [-0.25, -0.2) is 24.5 Å². The minimum atomic E-state index is -1.09. The van der Waals surface area contributed by atoms with E-state index in [-0.39, 0.29) is 36.7 Å². The summed E-state index contributed by atoms with van der Waals surface area (Å²) in [5.74, 6) is -0.819. The van der Waals surface area contributed by atoms with Crippen molar-refractivity contribution in [1.29, 1.82) is 0 Å². The Morgan fingerprint density at radius 1 is 1.02 bits per heavy atom. The van der Waals surface area contributed by atoms with Crippen molar-refractivity contribution in [1.82, 2.24) is 24.8 Å². The lowest BCUT2D eigenvalue weighted by atomic mass is 10.1. The molecule has 4 heterocycles. The van der Waals surface area contributed by atoms with Crippen LogP contribution in [0.25, 0.3) is 11.2 Å². The first-order valence-corrected chi connectivity index (χ1v) is 14.2. The van der Waals surface area contributed by atoms with Gasteiger partial charge in [-0.1, -0.05) is 48.0 Å². The summed E-state index contributed by atoms with van der Waals surface area (Å²) in [7, 11) is 0. The molecule has 0 radical (unpaired) electrons. The molecule has 3 N–H and O–H groups in total. The number of nitrogens with one attached hydrogen (secondary N) is 2. The fraction of sp³-hybridized carbons (Fsp3) is 0.345. The third-order valence-electron chi connectivity index (χ3n) is 7.57. The predicted octanol–water partition coefficient (Wildman–Crippen LogP) is 4.06. The minimum Gasteiger partial charge on any atom is -0.478 e. The quantitative estimate of drug-likeness (QED) is 0.254. The Balaban J connectivity index is 1.14. The van der Waals surface area contributed by atoms with E-state index in [1.165, 1.54) is 12.4 Å². The Morgan fingerprint density at radius 2 is 1.84 bits per heavy atom. The number of urea groups is 1. The number of carbonyl (C=O) groups is 2. The highest BCUT2D eigenvalue weighted by molar-refractivity contribution is 6.31. The van der Waals surface area contributed by atoms with E-state index in [0.717, 1.165) is 18.4 Å². The van der Waals surface area contributed by atoms with Gasteiger partial charge in [-0.05, 0) is 25.0 Å². The Kier molecular flexibility index (Phi) is 7.41. The van der Waals surface area contributed by atoms with Crippen LogP contribution in [0.15, 0.2) is 61.2 Å². The van der Waals surface area contributed by atoms with Crippen LogP contribution >= 0.6 is 11.6 Å². The first-order chi connectivity index (χ1) is 21.0. The van der Waals surface area contributed by atoms with Gasteiger partial charge >= 0.3 is 12.0 Å². The molecule has 14 heteroatoms. The predicted molar refractivity (Wildman–Crippen MR) is 151 cm³/mol. The summed E-state index contributed by atoms with van der Waals surface area (Å²) >= 11 is 6.29. The molecule has 0 spiro atoms. The number of carbonyl (C=O) groups excluding carboxylic acids is 1. The van der Waals surface area contributed by atoms with Crippen LogP contribution in [0, 0.1) is 0 Å². The molecule has 222 valence electrons. The largest absolute Gasteiger partial charge is 0.478 e. The molecule has 43 heavy (non-hydrogen) atoms. The van der Waals surface area contributed by atoms with Crippen molar-refractivity contribution in [3.63, 3.8) is 0 Å². The van der Waals surface area contributed by atoms with E-state index in [9.17, 15) is 14.7 Å². The van der Waals surface area contributed by atoms with Crippen LogP contribution in [0.4, 0.5) is 10.6 Å². The Labute approximate surface area is 250 Å². The van der Waals surface area contributed by atoms with E-state index in [4.69, 9.17) is 30.5 Å². The molecule has 2 aromatic carbocycles. The summed E-state index contributed by atoms with van der Waals surface area (Å²) in [5.41, 5.74) is 2.13. The molecule has 3 fully saturated rings. The van der Waals surface area contributed by atoms with Crippen LogP contribution in [-0.4, -0.2) is 67.6 Å². The third kappa shape index (κ3) is 5.53. The second-order valence-electron chi connectivity index (χ2n) is 10.5. The molecule has 5 atom stereocenters. The summed E-state index contributed by atoms with van der Waals surface area (Å²) in [4.78, 5) is 37.2. The van der Waals surface area contributed by atoms with Crippen molar-refractivity contribution in [3.05, 3.63) is 82.9 Å². The molecule has 2 aliphatic heterocycles. The highest BCUT2D eigenvalue weighted by atomic mass is 35.5. The normalized spacial score (nSPS) is 24.6. The summed E-state index contributed by atoms with van der Waals surface area (Å²) < 4.78 is 26.9. The van der Waals surface area contributed by atoms with Gasteiger partial charge in [0.2, 0.25) is 0 Å². The van der Waals surface area contributed by atoms with E-state index in [1.807, 2.05) is 30.3 Å². The highest BCUT2D eigenvalue weighted by Gasteiger charge is 2.54. The zero-order chi connectivity index (χ0) is 29.5. The zero-order valence-electron chi connectivity index (χ0n) is 22.6. The van der Waals surface area contributed by atoms with Crippen molar-refractivity contribution in [2.24, 2.45) is 0 Å². The first-order valence-electron chi connectivity index (χ1n) is 13.8. The molecule has 4 aromatic rings. The topological polar surface area (TPSA) is 159 Å². The van der Waals surface area contributed by atoms with E-state index >= 15 is 0 Å². The van der Waals surface area contributed by atoms with E-state index in [0.29, 0.717) is 21.7 Å². The number of ether oxygens (including phenoxy) is 4. The third-order valence-corrected chi connectivity index (χ3v) is 7.93. The number of fused-ring (bicyclic) bond motifs is 2. The number of hydrogen-bond acceptors (Lipinski definition) is 9. The van der Waals surface area contributed by atoms with Gasteiger partial charge in [0.05, 0.1) is 25.1 Å². The molecule has 4 unspecified atom stereocenters.